The van der Waals surface area contributed by atoms with E-state index in [2.05, 4.69) is 11.4 Å². The first-order chi connectivity index (χ1) is 6.08. The lowest BCUT2D eigenvalue weighted by molar-refractivity contribution is 0.484. The molecule has 0 heterocycles. The van der Waals surface area contributed by atoms with Gasteiger partial charge >= 0.3 is 0 Å². The summed E-state index contributed by atoms with van der Waals surface area (Å²) in [5.41, 5.74) is 0.783. The summed E-state index contributed by atoms with van der Waals surface area (Å²) in [5, 5.41) is 2.83. The Kier molecular flexibility index (Phi) is 3.27. The Labute approximate surface area is 77.3 Å². The standard InChI is InChI=1S/C8H10NO3S/c10-13(11,12)7-6-9-8-4-2-1-3-5-8/h1-2,4-5,9H,6-7H2,(H,10,11,12). The SMILES string of the molecule is O=S(=O)(O)CCNc1c[c]ccc1. The van der Waals surface area contributed by atoms with Crippen LogP contribution in [0.15, 0.2) is 24.3 Å². The summed E-state index contributed by atoms with van der Waals surface area (Å²) in [6.07, 6.45) is 0. The Balaban J connectivity index is 2.37. The van der Waals surface area contributed by atoms with Crippen LogP contribution in [0.5, 0.6) is 0 Å². The van der Waals surface area contributed by atoms with Gasteiger partial charge in [-0.05, 0) is 18.2 Å². The van der Waals surface area contributed by atoms with Crippen LogP contribution in [-0.4, -0.2) is 25.3 Å². The molecule has 0 aliphatic heterocycles. The van der Waals surface area contributed by atoms with Crippen molar-refractivity contribution in [2.24, 2.45) is 0 Å². The maximum absolute atomic E-state index is 10.3. The molecule has 0 amide bonds. The van der Waals surface area contributed by atoms with Gasteiger partial charge in [-0.2, -0.15) is 8.42 Å². The average Bonchev–Trinajstić information content (AvgIpc) is 2.04. The molecule has 71 valence electrons. The molecule has 1 rings (SSSR count). The van der Waals surface area contributed by atoms with Gasteiger partial charge in [-0.1, -0.05) is 12.1 Å². The van der Waals surface area contributed by atoms with Crippen molar-refractivity contribution < 1.29 is 13.0 Å². The van der Waals surface area contributed by atoms with Crippen LogP contribution in [0.1, 0.15) is 0 Å². The quantitative estimate of drug-likeness (QED) is 0.705. The second-order valence-electron chi connectivity index (χ2n) is 2.50. The number of rotatable bonds is 4. The van der Waals surface area contributed by atoms with Gasteiger partial charge in [0.2, 0.25) is 0 Å². The van der Waals surface area contributed by atoms with Gasteiger partial charge in [0.15, 0.2) is 0 Å². The molecule has 0 atom stereocenters. The summed E-state index contributed by atoms with van der Waals surface area (Å²) in [6, 6.07) is 9.86. The van der Waals surface area contributed by atoms with Crippen LogP contribution in [-0.2, 0) is 10.1 Å². The maximum Gasteiger partial charge on any atom is 0.266 e. The molecule has 1 aromatic carbocycles. The van der Waals surface area contributed by atoms with Crippen LogP contribution in [0.2, 0.25) is 0 Å². The highest BCUT2D eigenvalue weighted by molar-refractivity contribution is 7.85. The van der Waals surface area contributed by atoms with E-state index in [9.17, 15) is 8.42 Å². The van der Waals surface area contributed by atoms with Gasteiger partial charge in [0, 0.05) is 12.2 Å². The minimum atomic E-state index is -3.87. The van der Waals surface area contributed by atoms with Crippen LogP contribution < -0.4 is 5.32 Å². The smallest absolute Gasteiger partial charge is 0.266 e. The zero-order valence-corrected chi connectivity index (χ0v) is 7.71. The van der Waals surface area contributed by atoms with Crippen molar-refractivity contribution in [1.82, 2.24) is 0 Å². The molecule has 4 nitrogen and oxygen atoms in total. The summed E-state index contributed by atoms with van der Waals surface area (Å²) in [7, 11) is -3.87. The molecule has 1 radical (unpaired) electrons. The van der Waals surface area contributed by atoms with Crippen LogP contribution in [0.3, 0.4) is 0 Å². The monoisotopic (exact) mass is 200 g/mol. The lowest BCUT2D eigenvalue weighted by atomic mass is 10.3. The van der Waals surface area contributed by atoms with E-state index in [0.29, 0.717) is 0 Å². The summed E-state index contributed by atoms with van der Waals surface area (Å²) in [6.45, 7) is 0.191. The molecule has 0 aliphatic carbocycles. The molecule has 2 N–H and O–H groups in total. The Morgan fingerprint density at radius 3 is 2.85 bits per heavy atom. The number of hydrogen-bond donors (Lipinski definition) is 2. The van der Waals surface area contributed by atoms with Gasteiger partial charge in [0.25, 0.3) is 10.1 Å². The first kappa shape index (κ1) is 10.0. The number of anilines is 1. The fraction of sp³-hybridized carbons (Fsp3) is 0.250. The molecule has 13 heavy (non-hydrogen) atoms. The normalized spacial score (nSPS) is 11.2. The van der Waals surface area contributed by atoms with Gasteiger partial charge in [0.05, 0.1) is 5.75 Å². The predicted molar refractivity (Wildman–Crippen MR) is 50.2 cm³/mol. The Hall–Kier alpha value is -1.07. The van der Waals surface area contributed by atoms with E-state index in [1.165, 1.54) is 0 Å². The molecule has 0 unspecified atom stereocenters. The topological polar surface area (TPSA) is 66.4 Å². The molecule has 1 aromatic rings. The highest BCUT2D eigenvalue weighted by Gasteiger charge is 2.02. The highest BCUT2D eigenvalue weighted by atomic mass is 32.2. The third-order valence-corrected chi connectivity index (χ3v) is 2.12. The van der Waals surface area contributed by atoms with Gasteiger partial charge in [-0.15, -0.1) is 0 Å². The van der Waals surface area contributed by atoms with Gasteiger partial charge in [-0.25, -0.2) is 0 Å². The number of benzene rings is 1. The van der Waals surface area contributed by atoms with E-state index in [1.807, 2.05) is 0 Å². The van der Waals surface area contributed by atoms with E-state index in [-0.39, 0.29) is 12.3 Å². The van der Waals surface area contributed by atoms with Crippen molar-refractivity contribution >= 4 is 15.8 Å². The van der Waals surface area contributed by atoms with Gasteiger partial charge < -0.3 is 5.32 Å². The van der Waals surface area contributed by atoms with Gasteiger partial charge in [-0.3, -0.25) is 4.55 Å². The minimum Gasteiger partial charge on any atom is -0.384 e. The molecule has 0 saturated carbocycles. The molecular formula is C8H10NO3S. The molecule has 0 spiro atoms. The van der Waals surface area contributed by atoms with Crippen molar-refractivity contribution in [3.8, 4) is 0 Å². The lowest BCUT2D eigenvalue weighted by Crippen LogP contribution is -2.14. The van der Waals surface area contributed by atoms with Crippen LogP contribution >= 0.6 is 0 Å². The average molecular weight is 200 g/mol. The Morgan fingerprint density at radius 2 is 2.31 bits per heavy atom. The molecule has 0 aromatic heterocycles. The minimum absolute atomic E-state index is 0.191. The predicted octanol–water partition coefficient (Wildman–Crippen LogP) is 0.786. The molecule has 0 bridgehead atoms. The van der Waals surface area contributed by atoms with Crippen LogP contribution in [0.25, 0.3) is 0 Å². The molecule has 5 heteroatoms. The third kappa shape index (κ3) is 4.49. The van der Waals surface area contributed by atoms with Crippen molar-refractivity contribution in [2.45, 2.75) is 0 Å². The van der Waals surface area contributed by atoms with E-state index < -0.39 is 10.1 Å². The van der Waals surface area contributed by atoms with E-state index in [1.54, 1.807) is 24.3 Å². The second kappa shape index (κ2) is 4.25. The lowest BCUT2D eigenvalue weighted by Gasteiger charge is -2.03. The Bertz CT molecular complexity index is 347. The summed E-state index contributed by atoms with van der Waals surface area (Å²) in [5.74, 6) is -0.290. The molecular weight excluding hydrogens is 190 g/mol. The van der Waals surface area contributed by atoms with E-state index in [0.717, 1.165) is 5.69 Å². The molecule has 0 saturated heterocycles. The fourth-order valence-electron chi connectivity index (χ4n) is 0.828. The largest absolute Gasteiger partial charge is 0.384 e. The van der Waals surface area contributed by atoms with E-state index in [4.69, 9.17) is 4.55 Å². The van der Waals surface area contributed by atoms with E-state index >= 15 is 0 Å². The third-order valence-electron chi connectivity index (χ3n) is 1.40. The van der Waals surface area contributed by atoms with Crippen LogP contribution in [0.4, 0.5) is 5.69 Å². The first-order valence-electron chi connectivity index (χ1n) is 3.73. The number of hydrogen-bond acceptors (Lipinski definition) is 3. The highest BCUT2D eigenvalue weighted by Crippen LogP contribution is 2.03. The van der Waals surface area contributed by atoms with Crippen LogP contribution in [0, 0.1) is 6.07 Å². The summed E-state index contributed by atoms with van der Waals surface area (Å²) < 4.78 is 29.1. The Morgan fingerprint density at radius 1 is 1.54 bits per heavy atom. The first-order valence-corrected chi connectivity index (χ1v) is 5.34. The van der Waals surface area contributed by atoms with Gasteiger partial charge in [0.1, 0.15) is 0 Å². The maximum atomic E-state index is 10.3. The van der Waals surface area contributed by atoms with Crippen molar-refractivity contribution in [1.29, 1.82) is 0 Å². The van der Waals surface area contributed by atoms with Crippen molar-refractivity contribution in [3.05, 3.63) is 30.3 Å². The zero-order valence-electron chi connectivity index (χ0n) is 6.90. The van der Waals surface area contributed by atoms with Crippen molar-refractivity contribution in [2.75, 3.05) is 17.6 Å². The molecule has 0 fully saturated rings. The second-order valence-corrected chi connectivity index (χ2v) is 4.08. The van der Waals surface area contributed by atoms with Crippen molar-refractivity contribution in [3.63, 3.8) is 0 Å². The number of nitrogens with one attached hydrogen (secondary N) is 1. The zero-order chi connectivity index (χ0) is 9.73. The summed E-state index contributed by atoms with van der Waals surface area (Å²) in [4.78, 5) is 0. The molecule has 0 aliphatic rings. The fourth-order valence-corrected chi connectivity index (χ4v) is 1.19. The summed E-state index contributed by atoms with van der Waals surface area (Å²) >= 11 is 0.